The highest BCUT2D eigenvalue weighted by Crippen LogP contribution is 2.35. The second-order valence-corrected chi connectivity index (χ2v) is 4.15. The van der Waals surface area contributed by atoms with Crippen LogP contribution in [0.4, 0.5) is 10.2 Å². The van der Waals surface area contributed by atoms with Crippen molar-refractivity contribution in [2.24, 2.45) is 0 Å². The largest absolute Gasteiger partial charge is 0.384 e. The minimum Gasteiger partial charge on any atom is -0.384 e. The molecule has 0 saturated heterocycles. The second-order valence-electron chi connectivity index (χ2n) is 2.92. The highest BCUT2D eigenvalue weighted by molar-refractivity contribution is 9.10. The zero-order valence-electron chi connectivity index (χ0n) is 7.39. The van der Waals surface area contributed by atoms with Crippen LogP contribution >= 0.6 is 27.5 Å². The first kappa shape index (κ1) is 10.4. The second kappa shape index (κ2) is 3.83. The average molecular weight is 291 g/mol. The molecular formula is C9H6BrClFN3. The lowest BCUT2D eigenvalue weighted by Crippen LogP contribution is -1.90. The van der Waals surface area contributed by atoms with Crippen molar-refractivity contribution < 1.29 is 4.39 Å². The van der Waals surface area contributed by atoms with Crippen LogP contribution in [0.15, 0.2) is 22.8 Å². The van der Waals surface area contributed by atoms with Gasteiger partial charge in [0.05, 0.1) is 15.7 Å². The molecule has 0 fully saturated rings. The van der Waals surface area contributed by atoms with Crippen LogP contribution in [0.25, 0.3) is 11.1 Å². The van der Waals surface area contributed by atoms with E-state index in [1.54, 1.807) is 12.1 Å². The third-order valence-corrected chi connectivity index (χ3v) is 2.98. The normalized spacial score (nSPS) is 10.6. The number of nitrogens with zero attached hydrogens (tertiary/aromatic N) is 1. The number of H-pyrrole nitrogens is 1. The quantitative estimate of drug-likeness (QED) is 0.792. The minimum atomic E-state index is -0.505. The van der Waals surface area contributed by atoms with Crippen LogP contribution in [-0.4, -0.2) is 10.2 Å². The summed E-state index contributed by atoms with van der Waals surface area (Å²) in [4.78, 5) is 0. The van der Waals surface area contributed by atoms with E-state index in [1.165, 1.54) is 6.20 Å². The zero-order valence-corrected chi connectivity index (χ0v) is 9.73. The van der Waals surface area contributed by atoms with E-state index in [1.807, 2.05) is 0 Å². The van der Waals surface area contributed by atoms with Crippen LogP contribution in [-0.2, 0) is 0 Å². The van der Waals surface area contributed by atoms with Gasteiger partial charge in [0.15, 0.2) is 5.82 Å². The van der Waals surface area contributed by atoms with Gasteiger partial charge in [-0.05, 0) is 22.0 Å². The Labute approximate surface area is 98.6 Å². The highest BCUT2D eigenvalue weighted by atomic mass is 79.9. The van der Waals surface area contributed by atoms with Crippen LogP contribution in [0.3, 0.4) is 0 Å². The van der Waals surface area contributed by atoms with Gasteiger partial charge >= 0.3 is 0 Å². The maximum atomic E-state index is 13.5. The molecule has 0 aliphatic rings. The molecule has 78 valence electrons. The van der Waals surface area contributed by atoms with Gasteiger partial charge in [0.1, 0.15) is 5.82 Å². The molecule has 0 bridgehead atoms. The number of benzene rings is 1. The molecule has 2 aromatic rings. The molecular weight excluding hydrogens is 284 g/mol. The van der Waals surface area contributed by atoms with Crippen molar-refractivity contribution in [3.05, 3.63) is 33.6 Å². The first-order valence-corrected chi connectivity index (χ1v) is 5.21. The molecule has 1 heterocycles. The SMILES string of the molecule is Nc1[nH]ncc1-c1ccc(Br)c(F)c1Cl. The van der Waals surface area contributed by atoms with Gasteiger partial charge in [-0.15, -0.1) is 0 Å². The fourth-order valence-electron chi connectivity index (χ4n) is 1.24. The third kappa shape index (κ3) is 1.72. The van der Waals surface area contributed by atoms with Gasteiger partial charge in [-0.1, -0.05) is 17.7 Å². The van der Waals surface area contributed by atoms with E-state index in [2.05, 4.69) is 26.1 Å². The molecule has 0 unspecified atom stereocenters. The zero-order chi connectivity index (χ0) is 11.0. The summed E-state index contributed by atoms with van der Waals surface area (Å²) >= 11 is 8.91. The van der Waals surface area contributed by atoms with Crippen LogP contribution in [0, 0.1) is 5.82 Å². The Kier molecular flexibility index (Phi) is 2.67. The predicted octanol–water partition coefficient (Wildman–Crippen LogP) is 3.21. The average Bonchev–Trinajstić information content (AvgIpc) is 2.62. The Morgan fingerprint density at radius 1 is 1.40 bits per heavy atom. The number of aromatic amines is 1. The van der Waals surface area contributed by atoms with Gasteiger partial charge < -0.3 is 5.73 Å². The van der Waals surface area contributed by atoms with E-state index in [-0.39, 0.29) is 5.02 Å². The molecule has 15 heavy (non-hydrogen) atoms. The van der Waals surface area contributed by atoms with Crippen molar-refractivity contribution in [2.75, 3.05) is 5.73 Å². The molecule has 3 nitrogen and oxygen atoms in total. The number of hydrogen-bond acceptors (Lipinski definition) is 2. The van der Waals surface area contributed by atoms with Crippen LogP contribution in [0.5, 0.6) is 0 Å². The summed E-state index contributed by atoms with van der Waals surface area (Å²) in [7, 11) is 0. The highest BCUT2D eigenvalue weighted by Gasteiger charge is 2.14. The molecule has 0 radical (unpaired) electrons. The van der Waals surface area contributed by atoms with Crippen molar-refractivity contribution in [3.63, 3.8) is 0 Å². The van der Waals surface area contributed by atoms with Gasteiger partial charge in [0.2, 0.25) is 0 Å². The van der Waals surface area contributed by atoms with E-state index in [0.717, 1.165) is 0 Å². The molecule has 6 heteroatoms. The Morgan fingerprint density at radius 2 is 2.13 bits per heavy atom. The topological polar surface area (TPSA) is 54.7 Å². The van der Waals surface area contributed by atoms with E-state index in [4.69, 9.17) is 17.3 Å². The lowest BCUT2D eigenvalue weighted by molar-refractivity contribution is 0.622. The summed E-state index contributed by atoms with van der Waals surface area (Å²) in [6.45, 7) is 0. The van der Waals surface area contributed by atoms with E-state index in [9.17, 15) is 4.39 Å². The smallest absolute Gasteiger partial charge is 0.156 e. The van der Waals surface area contributed by atoms with Crippen molar-refractivity contribution in [2.45, 2.75) is 0 Å². The molecule has 0 spiro atoms. The van der Waals surface area contributed by atoms with Crippen molar-refractivity contribution in [1.29, 1.82) is 0 Å². The number of anilines is 1. The molecule has 0 aliphatic carbocycles. The van der Waals surface area contributed by atoms with Crippen LogP contribution in [0.1, 0.15) is 0 Å². The molecule has 0 saturated carbocycles. The Hall–Kier alpha value is -1.07. The molecule has 1 aromatic carbocycles. The number of nitrogens with one attached hydrogen (secondary N) is 1. The summed E-state index contributed by atoms with van der Waals surface area (Å²) in [5, 5.41) is 6.34. The summed E-state index contributed by atoms with van der Waals surface area (Å²) in [6.07, 6.45) is 1.50. The standard InChI is InChI=1S/C9H6BrClFN3/c10-6-2-1-4(7(11)8(6)12)5-3-14-15-9(5)13/h1-3H,(H3,13,14,15). The first-order chi connectivity index (χ1) is 7.11. The van der Waals surface area contributed by atoms with Gasteiger partial charge in [-0.3, -0.25) is 5.10 Å². The summed E-state index contributed by atoms with van der Waals surface area (Å²) in [6, 6.07) is 3.25. The molecule has 3 N–H and O–H groups in total. The lowest BCUT2D eigenvalue weighted by atomic mass is 10.1. The van der Waals surface area contributed by atoms with E-state index < -0.39 is 5.82 Å². The Morgan fingerprint density at radius 3 is 2.73 bits per heavy atom. The number of hydrogen-bond donors (Lipinski definition) is 2. The fraction of sp³-hybridized carbons (Fsp3) is 0. The number of halogens is 3. The first-order valence-electron chi connectivity index (χ1n) is 4.04. The Bertz CT molecular complexity index is 512. The lowest BCUT2D eigenvalue weighted by Gasteiger charge is -2.04. The summed E-state index contributed by atoms with van der Waals surface area (Å²) in [5.74, 6) is -0.145. The van der Waals surface area contributed by atoms with Crippen molar-refractivity contribution in [3.8, 4) is 11.1 Å². The third-order valence-electron chi connectivity index (χ3n) is 1.99. The molecule has 1 aromatic heterocycles. The van der Waals surface area contributed by atoms with Crippen LogP contribution in [0.2, 0.25) is 5.02 Å². The van der Waals surface area contributed by atoms with Crippen molar-refractivity contribution >= 4 is 33.3 Å². The molecule has 0 aliphatic heterocycles. The molecule has 0 atom stereocenters. The number of nitrogens with two attached hydrogens (primary N) is 1. The van der Waals surface area contributed by atoms with Gasteiger partial charge in [0, 0.05) is 11.1 Å². The molecule has 0 amide bonds. The van der Waals surface area contributed by atoms with Gasteiger partial charge in [-0.2, -0.15) is 5.10 Å². The number of aromatic nitrogens is 2. The predicted molar refractivity (Wildman–Crippen MR) is 61.1 cm³/mol. The number of rotatable bonds is 1. The summed E-state index contributed by atoms with van der Waals surface area (Å²) in [5.41, 5.74) is 6.73. The van der Waals surface area contributed by atoms with Gasteiger partial charge in [-0.25, -0.2) is 4.39 Å². The Balaban J connectivity index is 2.65. The molecule has 2 rings (SSSR count). The summed E-state index contributed by atoms with van der Waals surface area (Å²) < 4.78 is 13.8. The maximum absolute atomic E-state index is 13.5. The van der Waals surface area contributed by atoms with Crippen LogP contribution < -0.4 is 5.73 Å². The van der Waals surface area contributed by atoms with E-state index in [0.29, 0.717) is 21.4 Å². The number of nitrogen functional groups attached to an aromatic ring is 1. The monoisotopic (exact) mass is 289 g/mol. The maximum Gasteiger partial charge on any atom is 0.156 e. The minimum absolute atomic E-state index is 0.0254. The van der Waals surface area contributed by atoms with Gasteiger partial charge in [0.25, 0.3) is 0 Å². The van der Waals surface area contributed by atoms with Crippen molar-refractivity contribution in [1.82, 2.24) is 10.2 Å². The fourth-order valence-corrected chi connectivity index (χ4v) is 1.96. The van der Waals surface area contributed by atoms with E-state index >= 15 is 0 Å².